The highest BCUT2D eigenvalue weighted by molar-refractivity contribution is 7.90. The predicted octanol–water partition coefficient (Wildman–Crippen LogP) is 4.63. The minimum Gasteiger partial charge on any atom is -0.251 e. The van der Waals surface area contributed by atoms with Gasteiger partial charge in [-0.1, -0.05) is 30.4 Å². The molecule has 0 saturated carbocycles. The van der Waals surface area contributed by atoms with Gasteiger partial charge < -0.3 is 0 Å². The van der Waals surface area contributed by atoms with Crippen LogP contribution in [0.3, 0.4) is 0 Å². The molecule has 136 valence electrons. The number of nitrogens with zero attached hydrogens (tertiary/aromatic N) is 1. The van der Waals surface area contributed by atoms with Gasteiger partial charge in [-0.3, -0.25) is 4.98 Å². The molecule has 1 aromatic carbocycles. The van der Waals surface area contributed by atoms with Gasteiger partial charge in [-0.05, 0) is 47.4 Å². The lowest BCUT2D eigenvalue weighted by molar-refractivity contribution is -0.141. The highest BCUT2D eigenvalue weighted by atomic mass is 32.2. The van der Waals surface area contributed by atoms with Crippen LogP contribution in [0.5, 0.6) is 0 Å². The van der Waals surface area contributed by atoms with E-state index in [9.17, 15) is 21.6 Å². The zero-order chi connectivity index (χ0) is 19.1. The lowest BCUT2D eigenvalue weighted by Crippen LogP contribution is -2.07. The number of benzene rings is 1. The second-order valence-electron chi connectivity index (χ2n) is 6.23. The molecule has 1 aliphatic rings. The molecule has 3 nitrogen and oxygen atoms in total. The Balaban J connectivity index is 1.89. The maximum atomic E-state index is 12.6. The van der Waals surface area contributed by atoms with Crippen LogP contribution in [-0.4, -0.2) is 19.7 Å². The number of allylic oxidation sites excluding steroid dienone is 4. The lowest BCUT2D eigenvalue weighted by Gasteiger charge is -2.08. The molecule has 1 unspecified atom stereocenters. The maximum Gasteiger partial charge on any atom is 0.433 e. The van der Waals surface area contributed by atoms with Gasteiger partial charge >= 0.3 is 6.18 Å². The fourth-order valence-corrected chi connectivity index (χ4v) is 3.52. The van der Waals surface area contributed by atoms with E-state index < -0.39 is 21.7 Å². The zero-order valence-electron chi connectivity index (χ0n) is 14.1. The van der Waals surface area contributed by atoms with Crippen molar-refractivity contribution in [3.05, 3.63) is 77.1 Å². The molecule has 1 aliphatic carbocycles. The fraction of sp³-hybridized carbons (Fsp3) is 0.211. The van der Waals surface area contributed by atoms with E-state index in [1.807, 2.05) is 19.1 Å². The van der Waals surface area contributed by atoms with Gasteiger partial charge in [0.15, 0.2) is 9.84 Å². The van der Waals surface area contributed by atoms with Crippen LogP contribution in [0.1, 0.15) is 29.7 Å². The van der Waals surface area contributed by atoms with Crippen molar-refractivity contribution in [2.75, 3.05) is 6.26 Å². The number of pyridine rings is 1. The molecule has 1 heterocycles. The van der Waals surface area contributed by atoms with E-state index in [-0.39, 0.29) is 10.8 Å². The van der Waals surface area contributed by atoms with E-state index in [0.29, 0.717) is 5.56 Å². The van der Waals surface area contributed by atoms with E-state index in [2.05, 4.69) is 4.98 Å². The molecular formula is C19H16F3NO2S. The van der Waals surface area contributed by atoms with Crippen LogP contribution in [0, 0.1) is 0 Å². The van der Waals surface area contributed by atoms with Crippen molar-refractivity contribution in [2.24, 2.45) is 0 Å². The Morgan fingerprint density at radius 2 is 1.65 bits per heavy atom. The minimum absolute atomic E-state index is 0.0686. The zero-order valence-corrected chi connectivity index (χ0v) is 14.9. The summed E-state index contributed by atoms with van der Waals surface area (Å²) in [6.45, 7) is 1.88. The van der Waals surface area contributed by atoms with Crippen molar-refractivity contribution in [3.63, 3.8) is 0 Å². The molecule has 1 aromatic heterocycles. The standard InChI is InChI=1S/C19H16F3NO2S/c1-12-9-15(13-3-6-16(7-4-13)26(2,24)25)10-17(12)14-5-8-18(23-11-14)19(20,21)22/h3-11,15H,1-2H3. The van der Waals surface area contributed by atoms with Crippen LogP contribution < -0.4 is 0 Å². The molecule has 0 aliphatic heterocycles. The van der Waals surface area contributed by atoms with Crippen LogP contribution in [0.15, 0.2) is 65.2 Å². The first-order chi connectivity index (χ1) is 12.1. The normalized spacial score (nSPS) is 17.8. The quantitative estimate of drug-likeness (QED) is 0.781. The molecule has 0 fully saturated rings. The number of hydrogen-bond donors (Lipinski definition) is 0. The molecule has 0 N–H and O–H groups in total. The van der Waals surface area contributed by atoms with Crippen LogP contribution in [0.25, 0.3) is 5.57 Å². The van der Waals surface area contributed by atoms with Gasteiger partial charge in [-0.2, -0.15) is 13.2 Å². The Hall–Kier alpha value is -2.41. The average Bonchev–Trinajstić information content (AvgIpc) is 2.95. The smallest absolute Gasteiger partial charge is 0.251 e. The van der Waals surface area contributed by atoms with Crippen molar-refractivity contribution in [1.29, 1.82) is 0 Å². The summed E-state index contributed by atoms with van der Waals surface area (Å²) >= 11 is 0. The van der Waals surface area contributed by atoms with Gasteiger partial charge in [0.2, 0.25) is 0 Å². The number of alkyl halides is 3. The lowest BCUT2D eigenvalue weighted by atomic mass is 10.00. The van der Waals surface area contributed by atoms with Gasteiger partial charge in [-0.15, -0.1) is 0 Å². The van der Waals surface area contributed by atoms with E-state index in [0.717, 1.165) is 29.0 Å². The summed E-state index contributed by atoms with van der Waals surface area (Å²) in [7, 11) is -3.25. The van der Waals surface area contributed by atoms with Crippen molar-refractivity contribution >= 4 is 15.4 Å². The minimum atomic E-state index is -4.46. The summed E-state index contributed by atoms with van der Waals surface area (Å²) in [5.74, 6) is -0.0686. The molecule has 0 spiro atoms. The third kappa shape index (κ3) is 3.72. The molecule has 0 bridgehead atoms. The molecule has 1 atom stereocenters. The Bertz CT molecular complexity index is 987. The van der Waals surface area contributed by atoms with Crippen LogP contribution in [0.2, 0.25) is 0 Å². The molecule has 0 amide bonds. The second-order valence-corrected chi connectivity index (χ2v) is 8.24. The number of sulfone groups is 1. The molecule has 2 aromatic rings. The highest BCUT2D eigenvalue weighted by Crippen LogP contribution is 2.37. The Kier molecular flexibility index (Phi) is 4.52. The van der Waals surface area contributed by atoms with Gasteiger partial charge in [0.1, 0.15) is 5.69 Å². The molecule has 3 rings (SSSR count). The topological polar surface area (TPSA) is 47.0 Å². The monoisotopic (exact) mass is 379 g/mol. The maximum absolute atomic E-state index is 12.6. The number of hydrogen-bond acceptors (Lipinski definition) is 3. The summed E-state index contributed by atoms with van der Waals surface area (Å²) < 4.78 is 61.0. The largest absolute Gasteiger partial charge is 0.433 e. The molecule has 0 radical (unpaired) electrons. The van der Waals surface area contributed by atoms with Crippen LogP contribution in [-0.2, 0) is 16.0 Å². The number of rotatable bonds is 3. The first-order valence-electron chi connectivity index (χ1n) is 7.80. The summed E-state index contributed by atoms with van der Waals surface area (Å²) in [5.41, 5.74) is 2.36. The molecule has 0 saturated heterocycles. The first-order valence-corrected chi connectivity index (χ1v) is 9.69. The summed E-state index contributed by atoms with van der Waals surface area (Å²) in [4.78, 5) is 3.75. The van der Waals surface area contributed by atoms with Crippen molar-refractivity contribution in [1.82, 2.24) is 4.98 Å². The SMILES string of the molecule is CC1=CC(c2ccc(S(C)(=O)=O)cc2)C=C1c1ccc(C(F)(F)F)nc1. The van der Waals surface area contributed by atoms with E-state index in [4.69, 9.17) is 0 Å². The summed E-state index contributed by atoms with van der Waals surface area (Å²) in [6, 6.07) is 8.98. The molecular weight excluding hydrogens is 363 g/mol. The second kappa shape index (κ2) is 6.39. The Morgan fingerprint density at radius 1 is 1.00 bits per heavy atom. The number of halogens is 3. The van der Waals surface area contributed by atoms with Crippen molar-refractivity contribution in [2.45, 2.75) is 23.9 Å². The summed E-state index contributed by atoms with van der Waals surface area (Å²) in [6.07, 6.45) is 1.84. The van der Waals surface area contributed by atoms with Gasteiger partial charge in [0, 0.05) is 18.4 Å². The third-order valence-corrected chi connectivity index (χ3v) is 5.39. The highest BCUT2D eigenvalue weighted by Gasteiger charge is 2.32. The number of aromatic nitrogens is 1. The van der Waals surface area contributed by atoms with E-state index >= 15 is 0 Å². The Morgan fingerprint density at radius 3 is 2.15 bits per heavy atom. The molecule has 7 heteroatoms. The van der Waals surface area contributed by atoms with Crippen LogP contribution in [0.4, 0.5) is 13.2 Å². The van der Waals surface area contributed by atoms with E-state index in [1.165, 1.54) is 12.3 Å². The average molecular weight is 379 g/mol. The summed E-state index contributed by atoms with van der Waals surface area (Å²) in [5, 5.41) is 0. The molecule has 26 heavy (non-hydrogen) atoms. The van der Waals surface area contributed by atoms with Crippen molar-refractivity contribution in [3.8, 4) is 0 Å². The van der Waals surface area contributed by atoms with Gasteiger partial charge in [0.25, 0.3) is 0 Å². The van der Waals surface area contributed by atoms with Crippen LogP contribution >= 0.6 is 0 Å². The predicted molar refractivity (Wildman–Crippen MR) is 93.3 cm³/mol. The Labute approximate surface area is 149 Å². The fourth-order valence-electron chi connectivity index (χ4n) is 2.89. The van der Waals surface area contributed by atoms with Crippen molar-refractivity contribution < 1.29 is 21.6 Å². The van der Waals surface area contributed by atoms with Gasteiger partial charge in [0.05, 0.1) is 4.90 Å². The van der Waals surface area contributed by atoms with E-state index in [1.54, 1.807) is 24.3 Å². The first kappa shape index (κ1) is 18.4. The van der Waals surface area contributed by atoms with Gasteiger partial charge in [-0.25, -0.2) is 8.42 Å². The third-order valence-electron chi connectivity index (χ3n) is 4.26.